The SMILES string of the molecule is CC1(C)CCC(CN2CCN(c3ccc(C(=O)NS(=O)(=O)c4ccc(NCC5CCCN(C(=O)CCCCCCC#Cc6cccc7c6CN(C6CCC(=O)NC6=O)C7=O)C5)c([N+](=O)[O-])c4)c(Oc4cnc5[nH]ccc5c4)c3)CC2)=C(c2ccc(Cl)cc2)C1. The standard InChI is InChI=1S/C67H73ClN10O10S/c1-67(2)28-26-48(55(38-67)46-16-18-49(68)19-17-46)42-74-31-33-75(34-32-74)50-20-22-54(60(36-50)88-51-35-47-27-29-69-63(47)71-40-51)64(81)73-89(86,87)52-21-23-57(59(37-52)78(84)85)70-39-44-11-10-30-76(41-44)62(80)15-8-6-4-3-5-7-12-45-13-9-14-53-56(45)43-77(66(53)83)58-24-25-61(79)72-65(58)82/h9,13-14,16-23,27,29,35-37,40,44,58,70H,3-6,8,10-11,15,24-26,28,30-34,38-39,41-43H2,1-2H3,(H,69,71)(H,73,81)(H,72,79,82). The fourth-order valence-corrected chi connectivity index (χ4v) is 13.9. The number of fused-ring (bicyclic) bond motifs is 2. The number of aromatic nitrogens is 2. The number of piperazine rings is 1. The molecule has 22 heteroatoms. The number of H-pyrrole nitrogens is 1. The summed E-state index contributed by atoms with van der Waals surface area (Å²) >= 11 is 6.27. The molecular formula is C67H73ClN10O10S. The molecule has 4 N–H and O–H groups in total. The number of amides is 5. The number of carbonyl (C=O) groups is 5. The van der Waals surface area contributed by atoms with Crippen molar-refractivity contribution in [2.75, 3.05) is 62.6 Å². The molecule has 0 saturated carbocycles. The number of imide groups is 1. The predicted molar refractivity (Wildman–Crippen MR) is 340 cm³/mol. The normalized spacial score (nSPS) is 18.7. The summed E-state index contributed by atoms with van der Waals surface area (Å²) in [5, 5.41) is 19.5. The molecule has 464 valence electrons. The Kier molecular flexibility index (Phi) is 18.8. The van der Waals surface area contributed by atoms with Gasteiger partial charge in [0.05, 0.1) is 21.6 Å². The smallest absolute Gasteiger partial charge is 0.293 e. The number of hydrogen-bond acceptors (Lipinski definition) is 14. The largest absolute Gasteiger partial charge is 0.455 e. The molecule has 89 heavy (non-hydrogen) atoms. The zero-order chi connectivity index (χ0) is 62.4. The molecule has 2 aromatic heterocycles. The molecule has 0 spiro atoms. The quantitative estimate of drug-likeness (QED) is 0.0183. The summed E-state index contributed by atoms with van der Waals surface area (Å²) in [6.45, 7) is 10.1. The van der Waals surface area contributed by atoms with Crippen LogP contribution in [0.5, 0.6) is 11.5 Å². The number of benzene rings is 4. The van der Waals surface area contributed by atoms with Gasteiger partial charge in [0.2, 0.25) is 17.7 Å². The van der Waals surface area contributed by atoms with E-state index in [-0.39, 0.29) is 59.0 Å². The Morgan fingerprint density at radius 2 is 1.73 bits per heavy atom. The highest BCUT2D eigenvalue weighted by molar-refractivity contribution is 7.90. The van der Waals surface area contributed by atoms with Crippen LogP contribution in [0, 0.1) is 33.3 Å². The first-order chi connectivity index (χ1) is 42.8. The van der Waals surface area contributed by atoms with E-state index in [4.69, 9.17) is 16.3 Å². The Morgan fingerprint density at radius 1 is 0.921 bits per heavy atom. The molecule has 5 aliphatic rings. The first kappa shape index (κ1) is 62.0. The zero-order valence-corrected chi connectivity index (χ0v) is 51.7. The maximum Gasteiger partial charge on any atom is 0.293 e. The van der Waals surface area contributed by atoms with E-state index in [1.54, 1.807) is 36.5 Å². The summed E-state index contributed by atoms with van der Waals surface area (Å²) in [6, 6.07) is 24.9. The Labute approximate surface area is 523 Å². The van der Waals surface area contributed by atoms with Crippen molar-refractivity contribution in [3.63, 3.8) is 0 Å². The van der Waals surface area contributed by atoms with E-state index in [9.17, 15) is 42.5 Å². The number of piperidine rings is 2. The van der Waals surface area contributed by atoms with Gasteiger partial charge in [-0.05, 0) is 140 Å². The summed E-state index contributed by atoms with van der Waals surface area (Å²) in [5.74, 6) is 4.87. The van der Waals surface area contributed by atoms with Crippen molar-refractivity contribution in [3.8, 4) is 23.3 Å². The maximum absolute atomic E-state index is 14.2. The number of nitrogens with zero attached hydrogens (tertiary/aromatic N) is 6. The summed E-state index contributed by atoms with van der Waals surface area (Å²) in [5.41, 5.74) is 7.27. The van der Waals surface area contributed by atoms with Gasteiger partial charge >= 0.3 is 0 Å². The van der Waals surface area contributed by atoms with Gasteiger partial charge in [0.15, 0.2) is 0 Å². The van der Waals surface area contributed by atoms with E-state index in [2.05, 4.69) is 72.9 Å². The lowest BCUT2D eigenvalue weighted by atomic mass is 9.72. The van der Waals surface area contributed by atoms with Crippen LogP contribution in [0.25, 0.3) is 16.6 Å². The van der Waals surface area contributed by atoms with E-state index >= 15 is 0 Å². The number of unbranched alkanes of at least 4 members (excludes halogenated alkanes) is 4. The molecule has 4 aliphatic heterocycles. The highest BCUT2D eigenvalue weighted by Gasteiger charge is 2.40. The van der Waals surface area contributed by atoms with Gasteiger partial charge in [-0.15, -0.1) is 0 Å². The van der Waals surface area contributed by atoms with Gasteiger partial charge in [0.1, 0.15) is 28.9 Å². The zero-order valence-electron chi connectivity index (χ0n) is 50.1. The molecule has 0 radical (unpaired) electrons. The van der Waals surface area contributed by atoms with Crippen molar-refractivity contribution in [2.24, 2.45) is 11.3 Å². The average molecular weight is 1250 g/mol. The molecule has 6 aromatic rings. The number of aromatic amines is 1. The summed E-state index contributed by atoms with van der Waals surface area (Å²) in [4.78, 5) is 91.9. The number of sulfonamides is 1. The van der Waals surface area contributed by atoms with Gasteiger partial charge in [-0.1, -0.05) is 73.9 Å². The monoisotopic (exact) mass is 1240 g/mol. The Balaban J connectivity index is 0.670. The van der Waals surface area contributed by atoms with Crippen molar-refractivity contribution in [2.45, 2.75) is 115 Å². The molecular weight excluding hydrogens is 1170 g/mol. The van der Waals surface area contributed by atoms with Gasteiger partial charge in [-0.2, -0.15) is 0 Å². The maximum atomic E-state index is 14.2. The van der Waals surface area contributed by atoms with Gasteiger partial charge in [-0.25, -0.2) is 18.1 Å². The molecule has 2 atom stereocenters. The molecule has 20 nitrogen and oxygen atoms in total. The van der Waals surface area contributed by atoms with Crippen LogP contribution in [0.15, 0.2) is 114 Å². The van der Waals surface area contributed by atoms with Gasteiger partial charge < -0.3 is 29.7 Å². The molecule has 3 saturated heterocycles. The first-order valence-electron chi connectivity index (χ1n) is 30.7. The minimum absolute atomic E-state index is 0.0156. The first-order valence-corrected chi connectivity index (χ1v) is 32.5. The number of allylic oxidation sites excluding steroid dienone is 1. The Morgan fingerprint density at radius 3 is 2.53 bits per heavy atom. The number of halogens is 1. The van der Waals surface area contributed by atoms with Crippen molar-refractivity contribution in [1.29, 1.82) is 0 Å². The lowest BCUT2D eigenvalue weighted by molar-refractivity contribution is -0.384. The second kappa shape index (κ2) is 27.0. The van der Waals surface area contributed by atoms with E-state index in [1.807, 2.05) is 29.2 Å². The Hall–Kier alpha value is -8.58. The molecule has 2 unspecified atom stereocenters. The van der Waals surface area contributed by atoms with Crippen molar-refractivity contribution >= 4 is 84.8 Å². The number of nitro groups is 1. The van der Waals surface area contributed by atoms with Crippen LogP contribution in [0.3, 0.4) is 0 Å². The third-order valence-electron chi connectivity index (χ3n) is 17.7. The van der Waals surface area contributed by atoms with Crippen LogP contribution in [0.2, 0.25) is 5.02 Å². The second-order valence-corrected chi connectivity index (χ2v) is 26.7. The molecule has 11 rings (SSSR count). The summed E-state index contributed by atoms with van der Waals surface area (Å²) < 4.78 is 36.5. The number of nitro benzene ring substituents is 1. The lowest BCUT2D eigenvalue weighted by Gasteiger charge is -2.39. The van der Waals surface area contributed by atoms with Gasteiger partial charge in [0.25, 0.3) is 27.5 Å². The van der Waals surface area contributed by atoms with Crippen LogP contribution in [-0.2, 0) is 31.0 Å². The number of likely N-dealkylation sites (tertiary alicyclic amines) is 1. The molecule has 6 heterocycles. The van der Waals surface area contributed by atoms with Crippen LogP contribution in [-0.4, -0.2) is 126 Å². The number of anilines is 2. The molecule has 1 aliphatic carbocycles. The third-order valence-corrected chi connectivity index (χ3v) is 19.3. The average Bonchev–Trinajstić information content (AvgIpc) is 2.01. The number of ether oxygens (including phenoxy) is 1. The molecule has 0 bridgehead atoms. The van der Waals surface area contributed by atoms with Crippen LogP contribution in [0.4, 0.5) is 17.1 Å². The topological polar surface area (TPSA) is 250 Å². The minimum atomic E-state index is -4.67. The van der Waals surface area contributed by atoms with E-state index in [1.165, 1.54) is 46.0 Å². The fourth-order valence-electron chi connectivity index (χ4n) is 12.8. The summed E-state index contributed by atoms with van der Waals surface area (Å²) in [6.07, 6.45) is 12.7. The van der Waals surface area contributed by atoms with Crippen molar-refractivity contribution in [1.82, 2.24) is 34.7 Å². The van der Waals surface area contributed by atoms with Crippen LogP contribution in [0.1, 0.15) is 135 Å². The predicted octanol–water partition coefficient (Wildman–Crippen LogP) is 10.6. The van der Waals surface area contributed by atoms with E-state index < -0.39 is 43.4 Å². The lowest BCUT2D eigenvalue weighted by Crippen LogP contribution is -2.52. The summed E-state index contributed by atoms with van der Waals surface area (Å²) in [7, 11) is -4.67. The van der Waals surface area contributed by atoms with Crippen LogP contribution >= 0.6 is 11.6 Å². The number of carbonyl (C=O) groups excluding carboxylic acids is 5. The van der Waals surface area contributed by atoms with Crippen molar-refractivity contribution < 1.29 is 42.1 Å². The van der Waals surface area contributed by atoms with E-state index in [0.717, 1.165) is 99.3 Å². The number of pyridine rings is 1. The van der Waals surface area contributed by atoms with Crippen LogP contribution < -0.4 is 25.0 Å². The van der Waals surface area contributed by atoms with Gasteiger partial charge in [-0.3, -0.25) is 44.3 Å². The van der Waals surface area contributed by atoms with Crippen molar-refractivity contribution in [3.05, 3.63) is 152 Å². The Bertz CT molecular complexity index is 3940. The molecule has 3 fully saturated rings. The highest BCUT2D eigenvalue weighted by Crippen LogP contribution is 2.44. The second-order valence-electron chi connectivity index (χ2n) is 24.6. The minimum Gasteiger partial charge on any atom is -0.455 e. The molecule has 5 amide bonds. The number of nitrogens with one attached hydrogen (secondary N) is 4. The fraction of sp³-hybridized carbons (Fsp3) is 0.403. The molecule has 4 aromatic carbocycles. The van der Waals surface area contributed by atoms with Gasteiger partial charge in [0, 0.05) is 124 Å². The van der Waals surface area contributed by atoms with E-state index in [0.29, 0.717) is 80.4 Å². The highest BCUT2D eigenvalue weighted by atomic mass is 35.5. The number of hydrogen-bond donors (Lipinski definition) is 4. The number of rotatable bonds is 20. The third kappa shape index (κ3) is 14.8.